The number of aromatic nitrogens is 6. The lowest BCUT2D eigenvalue weighted by molar-refractivity contribution is -0.192. The van der Waals surface area contributed by atoms with E-state index in [2.05, 4.69) is 25.0 Å². The van der Waals surface area contributed by atoms with Gasteiger partial charge in [-0.1, -0.05) is 0 Å². The van der Waals surface area contributed by atoms with Gasteiger partial charge in [-0.3, -0.25) is 0 Å². The number of piperazine rings is 1. The van der Waals surface area contributed by atoms with Gasteiger partial charge in [0, 0.05) is 63.4 Å². The number of anilines is 2. The lowest BCUT2D eigenvalue weighted by Gasteiger charge is -2.37. The molecule has 2 aliphatic heterocycles. The summed E-state index contributed by atoms with van der Waals surface area (Å²) in [4.78, 5) is 21.7. The van der Waals surface area contributed by atoms with Gasteiger partial charge in [-0.15, -0.1) is 0 Å². The second kappa shape index (κ2) is 15.2. The van der Waals surface area contributed by atoms with Crippen molar-refractivity contribution in [2.24, 2.45) is 0 Å². The van der Waals surface area contributed by atoms with Crippen LogP contribution in [-0.2, 0) is 31.3 Å². The molecular formula is C36H40F2N8O6. The Morgan fingerprint density at radius 1 is 0.885 bits per heavy atom. The molecule has 5 aromatic rings. The molecule has 0 radical (unpaired) electrons. The molecule has 0 N–H and O–H groups in total. The highest BCUT2D eigenvalue weighted by Crippen LogP contribution is 2.38. The average molecular weight is 719 g/mol. The lowest BCUT2D eigenvalue weighted by Crippen LogP contribution is -2.46. The summed E-state index contributed by atoms with van der Waals surface area (Å²) in [7, 11) is 3.08. The fourth-order valence-corrected chi connectivity index (χ4v) is 6.55. The van der Waals surface area contributed by atoms with Gasteiger partial charge in [0.05, 0.1) is 12.3 Å². The predicted octanol–water partition coefficient (Wildman–Crippen LogP) is 3.76. The molecule has 0 spiro atoms. The third-order valence-electron chi connectivity index (χ3n) is 9.40. The van der Waals surface area contributed by atoms with Crippen molar-refractivity contribution in [2.75, 3.05) is 63.4 Å². The molecule has 0 saturated carbocycles. The van der Waals surface area contributed by atoms with Crippen molar-refractivity contribution in [3.05, 3.63) is 113 Å². The van der Waals surface area contributed by atoms with Crippen molar-refractivity contribution in [3.8, 4) is 11.4 Å². The third kappa shape index (κ3) is 7.27. The van der Waals surface area contributed by atoms with Crippen LogP contribution in [0.5, 0.6) is 5.75 Å². The molecule has 4 unspecified atom stereocenters. The van der Waals surface area contributed by atoms with Gasteiger partial charge in [-0.25, -0.2) is 27.8 Å². The molecule has 16 heteroatoms. The SMILES string of the molecule is COC(C)C(OC)n1ncn(-c2ccc(N3CCN(c4ccc(OCC5COC(Cn6cncn6)(c6ccc(F)cc6F)O5)cc4)CC3)cc2)c1=O. The number of ether oxygens (including phenoxy) is 5. The van der Waals surface area contributed by atoms with Crippen LogP contribution in [0, 0.1) is 11.6 Å². The van der Waals surface area contributed by atoms with Crippen molar-refractivity contribution in [1.82, 2.24) is 29.1 Å². The molecular weight excluding hydrogens is 678 g/mol. The number of nitrogens with zero attached hydrogens (tertiary/aromatic N) is 8. The topological polar surface area (TPSA) is 123 Å². The Bertz CT molecular complexity index is 1980. The maximum atomic E-state index is 14.9. The second-order valence-electron chi connectivity index (χ2n) is 12.6. The smallest absolute Gasteiger partial charge is 0.352 e. The zero-order chi connectivity index (χ0) is 36.2. The molecule has 2 aliphatic rings. The van der Waals surface area contributed by atoms with Crippen LogP contribution in [0.3, 0.4) is 0 Å². The molecule has 3 aromatic carbocycles. The molecule has 4 atom stereocenters. The van der Waals surface area contributed by atoms with E-state index in [4.69, 9.17) is 23.7 Å². The normalized spacial score (nSPS) is 20.3. The van der Waals surface area contributed by atoms with Crippen molar-refractivity contribution in [3.63, 3.8) is 0 Å². The summed E-state index contributed by atoms with van der Waals surface area (Å²) in [6.07, 6.45) is 2.82. The van der Waals surface area contributed by atoms with Gasteiger partial charge in [0.15, 0.2) is 6.23 Å². The first-order valence-corrected chi connectivity index (χ1v) is 16.9. The van der Waals surface area contributed by atoms with E-state index in [-0.39, 0.29) is 37.1 Å². The summed E-state index contributed by atoms with van der Waals surface area (Å²) in [5.41, 5.74) is 2.62. The van der Waals surface area contributed by atoms with Gasteiger partial charge in [-0.05, 0) is 67.6 Å². The minimum atomic E-state index is -1.52. The summed E-state index contributed by atoms with van der Waals surface area (Å²) in [5.74, 6) is -2.33. The first kappa shape index (κ1) is 35.3. The predicted molar refractivity (Wildman–Crippen MR) is 186 cm³/mol. The second-order valence-corrected chi connectivity index (χ2v) is 12.6. The lowest BCUT2D eigenvalue weighted by atomic mass is 10.0. The maximum absolute atomic E-state index is 14.9. The van der Waals surface area contributed by atoms with E-state index in [0.29, 0.717) is 11.4 Å². The van der Waals surface area contributed by atoms with E-state index in [1.807, 2.05) is 55.5 Å². The molecule has 2 fully saturated rings. The van der Waals surface area contributed by atoms with Gasteiger partial charge < -0.3 is 33.5 Å². The maximum Gasteiger partial charge on any atom is 0.352 e. The highest BCUT2D eigenvalue weighted by molar-refractivity contribution is 5.54. The highest BCUT2D eigenvalue weighted by atomic mass is 19.1. The molecule has 7 rings (SSSR count). The highest BCUT2D eigenvalue weighted by Gasteiger charge is 2.46. The van der Waals surface area contributed by atoms with Crippen molar-refractivity contribution in [1.29, 1.82) is 0 Å². The van der Waals surface area contributed by atoms with Crippen LogP contribution in [-0.4, -0.2) is 94.9 Å². The van der Waals surface area contributed by atoms with Gasteiger partial charge >= 0.3 is 5.69 Å². The molecule has 274 valence electrons. The molecule has 52 heavy (non-hydrogen) atoms. The van der Waals surface area contributed by atoms with E-state index < -0.39 is 29.8 Å². The van der Waals surface area contributed by atoms with Crippen LogP contribution >= 0.6 is 0 Å². The van der Waals surface area contributed by atoms with Crippen LogP contribution in [0.15, 0.2) is 90.5 Å². The Morgan fingerprint density at radius 2 is 1.56 bits per heavy atom. The molecule has 0 amide bonds. The van der Waals surface area contributed by atoms with Crippen molar-refractivity contribution >= 4 is 11.4 Å². The summed E-state index contributed by atoms with van der Waals surface area (Å²) in [6.45, 7) is 5.45. The fraction of sp³-hybridized carbons (Fsp3) is 0.389. The Labute approximate surface area is 298 Å². The molecule has 0 aliphatic carbocycles. The molecule has 4 heterocycles. The Hall–Kier alpha value is -5.16. The summed E-state index contributed by atoms with van der Waals surface area (Å²) >= 11 is 0. The summed E-state index contributed by atoms with van der Waals surface area (Å²) in [5, 5.41) is 8.35. The number of benzene rings is 3. The first-order chi connectivity index (χ1) is 25.3. The number of hydrogen-bond donors (Lipinski definition) is 0. The van der Waals surface area contributed by atoms with Crippen molar-refractivity contribution in [2.45, 2.75) is 37.7 Å². The Balaban J connectivity index is 0.922. The largest absolute Gasteiger partial charge is 0.491 e. The van der Waals surface area contributed by atoms with Crippen LogP contribution in [0.2, 0.25) is 0 Å². The van der Waals surface area contributed by atoms with E-state index >= 15 is 0 Å². The average Bonchev–Trinajstić information content (AvgIpc) is 3.93. The minimum absolute atomic E-state index is 0.0257. The summed E-state index contributed by atoms with van der Waals surface area (Å²) in [6, 6.07) is 19.0. The number of halogens is 2. The van der Waals surface area contributed by atoms with E-state index in [0.717, 1.165) is 43.6 Å². The fourth-order valence-electron chi connectivity index (χ4n) is 6.55. The number of hydrogen-bond acceptors (Lipinski definition) is 11. The van der Waals surface area contributed by atoms with E-state index in [1.165, 1.54) is 52.2 Å². The third-order valence-corrected chi connectivity index (χ3v) is 9.40. The van der Waals surface area contributed by atoms with Crippen LogP contribution in [0.4, 0.5) is 20.2 Å². The zero-order valence-electron chi connectivity index (χ0n) is 29.0. The Morgan fingerprint density at radius 3 is 2.17 bits per heavy atom. The number of methoxy groups -OCH3 is 2. The first-order valence-electron chi connectivity index (χ1n) is 16.9. The molecule has 14 nitrogen and oxygen atoms in total. The monoisotopic (exact) mass is 718 g/mol. The Kier molecular flexibility index (Phi) is 10.3. The number of rotatable bonds is 13. The van der Waals surface area contributed by atoms with Crippen LogP contribution in [0.25, 0.3) is 5.69 Å². The molecule has 0 bridgehead atoms. The molecule has 2 saturated heterocycles. The zero-order valence-corrected chi connectivity index (χ0v) is 29.0. The quantitative estimate of drug-likeness (QED) is 0.177. The van der Waals surface area contributed by atoms with Gasteiger partial charge in [-0.2, -0.15) is 14.9 Å². The summed E-state index contributed by atoms with van der Waals surface area (Å²) < 4.78 is 61.9. The van der Waals surface area contributed by atoms with Gasteiger partial charge in [0.1, 0.15) is 61.7 Å². The van der Waals surface area contributed by atoms with Gasteiger partial charge in [0.25, 0.3) is 0 Å². The van der Waals surface area contributed by atoms with Gasteiger partial charge in [0.2, 0.25) is 5.79 Å². The standard InChI is InChI=1S/C36H40F2N8O6/c1-25(48-2)34(49-3)46-35(47)45(24-41-46)29-7-5-27(6-8-29)42-14-16-43(17-15-42)28-9-11-30(12-10-28)50-19-31-20-51-36(52-31,21-44-23-39-22-40-44)32-13-4-26(37)18-33(32)38/h4-13,18,22-25,31,34H,14-17,19-21H2,1-3H3. The minimum Gasteiger partial charge on any atom is -0.491 e. The van der Waals surface area contributed by atoms with E-state index in [1.54, 1.807) is 7.11 Å². The van der Waals surface area contributed by atoms with Crippen LogP contribution in [0.1, 0.15) is 18.7 Å². The van der Waals surface area contributed by atoms with Crippen molar-refractivity contribution < 1.29 is 32.5 Å². The van der Waals surface area contributed by atoms with E-state index in [9.17, 15) is 13.6 Å². The van der Waals surface area contributed by atoms with Crippen LogP contribution < -0.4 is 20.2 Å². The molecule has 2 aromatic heterocycles.